The third-order valence-corrected chi connectivity index (χ3v) is 3.16. The fourth-order valence-electron chi connectivity index (χ4n) is 2.03. The highest BCUT2D eigenvalue weighted by molar-refractivity contribution is 5.90. The van der Waals surface area contributed by atoms with Gasteiger partial charge in [0.15, 0.2) is 0 Å². The summed E-state index contributed by atoms with van der Waals surface area (Å²) in [4.78, 5) is 17.8. The first-order valence-corrected chi connectivity index (χ1v) is 5.48. The highest BCUT2D eigenvalue weighted by atomic mass is 16.2. The van der Waals surface area contributed by atoms with Crippen LogP contribution in [0.4, 0.5) is 0 Å². The van der Waals surface area contributed by atoms with Crippen molar-refractivity contribution >= 4 is 5.91 Å². The average Bonchev–Trinajstić information content (AvgIpc) is 2.84. The molecule has 0 radical (unpaired) electrons. The zero-order chi connectivity index (χ0) is 11.7. The lowest BCUT2D eigenvalue weighted by Gasteiger charge is -2.17. The number of aryl methyl sites for hydroxylation is 1. The summed E-state index contributed by atoms with van der Waals surface area (Å²) in [7, 11) is 1.72. The van der Waals surface area contributed by atoms with Gasteiger partial charge in [-0.15, -0.1) is 0 Å². The average molecular weight is 223 g/mol. The number of nitrogens with zero attached hydrogens (tertiary/aromatic N) is 4. The maximum absolute atomic E-state index is 12.1. The molecule has 2 N–H and O–H groups in total. The van der Waals surface area contributed by atoms with E-state index in [0.717, 1.165) is 19.5 Å². The van der Waals surface area contributed by atoms with Crippen LogP contribution in [0, 0.1) is 5.92 Å². The molecule has 2 heterocycles. The Morgan fingerprint density at radius 2 is 2.44 bits per heavy atom. The van der Waals surface area contributed by atoms with Gasteiger partial charge in [0.05, 0.1) is 0 Å². The van der Waals surface area contributed by atoms with Crippen LogP contribution < -0.4 is 5.73 Å². The van der Waals surface area contributed by atoms with Gasteiger partial charge in [0.2, 0.25) is 5.82 Å². The van der Waals surface area contributed by atoms with Crippen LogP contribution in [0.5, 0.6) is 0 Å². The fraction of sp³-hybridized carbons (Fsp3) is 0.700. The molecule has 1 fully saturated rings. The zero-order valence-corrected chi connectivity index (χ0v) is 9.63. The standard InChI is InChI=1S/C10H17N5O/c1-7(11)8-3-4-15(5-8)10(16)9-12-6-13-14(9)2/h6-8H,3-5,11H2,1-2H3. The molecule has 1 saturated heterocycles. The number of aromatic nitrogens is 3. The number of nitrogens with two attached hydrogens (primary N) is 1. The molecule has 1 aromatic rings. The second-order valence-corrected chi connectivity index (χ2v) is 4.37. The van der Waals surface area contributed by atoms with Crippen LogP contribution in [0.15, 0.2) is 6.33 Å². The predicted octanol–water partition coefficient (Wildman–Crippen LogP) is -0.376. The lowest BCUT2D eigenvalue weighted by Crippen LogP contribution is -2.34. The van der Waals surface area contributed by atoms with E-state index in [-0.39, 0.29) is 11.9 Å². The number of hydrogen-bond donors (Lipinski definition) is 1. The molecule has 16 heavy (non-hydrogen) atoms. The van der Waals surface area contributed by atoms with Crippen LogP contribution >= 0.6 is 0 Å². The number of hydrogen-bond acceptors (Lipinski definition) is 4. The van der Waals surface area contributed by atoms with E-state index in [0.29, 0.717) is 11.7 Å². The normalized spacial score (nSPS) is 22.4. The van der Waals surface area contributed by atoms with E-state index >= 15 is 0 Å². The van der Waals surface area contributed by atoms with Gasteiger partial charge in [-0.05, 0) is 19.3 Å². The first-order chi connectivity index (χ1) is 7.59. The van der Waals surface area contributed by atoms with Crippen molar-refractivity contribution in [1.82, 2.24) is 19.7 Å². The van der Waals surface area contributed by atoms with Crippen molar-refractivity contribution in [2.24, 2.45) is 18.7 Å². The molecule has 0 saturated carbocycles. The summed E-state index contributed by atoms with van der Waals surface area (Å²) >= 11 is 0. The molecular weight excluding hydrogens is 206 g/mol. The van der Waals surface area contributed by atoms with Gasteiger partial charge in [-0.2, -0.15) is 5.10 Å². The van der Waals surface area contributed by atoms with Gasteiger partial charge in [0.25, 0.3) is 5.91 Å². The van der Waals surface area contributed by atoms with E-state index in [1.165, 1.54) is 11.0 Å². The van der Waals surface area contributed by atoms with E-state index in [9.17, 15) is 4.79 Å². The Bertz CT molecular complexity index is 386. The molecule has 6 nitrogen and oxygen atoms in total. The fourth-order valence-corrected chi connectivity index (χ4v) is 2.03. The smallest absolute Gasteiger partial charge is 0.291 e. The van der Waals surface area contributed by atoms with Crippen LogP contribution in [0.1, 0.15) is 24.0 Å². The van der Waals surface area contributed by atoms with E-state index in [2.05, 4.69) is 10.1 Å². The lowest BCUT2D eigenvalue weighted by molar-refractivity contribution is 0.0769. The van der Waals surface area contributed by atoms with Gasteiger partial charge in [-0.3, -0.25) is 4.79 Å². The van der Waals surface area contributed by atoms with Crippen molar-refractivity contribution in [1.29, 1.82) is 0 Å². The van der Waals surface area contributed by atoms with E-state index in [4.69, 9.17) is 5.73 Å². The van der Waals surface area contributed by atoms with Crippen molar-refractivity contribution in [3.8, 4) is 0 Å². The Morgan fingerprint density at radius 3 is 2.94 bits per heavy atom. The molecule has 1 aliphatic heterocycles. The van der Waals surface area contributed by atoms with E-state index in [1.54, 1.807) is 11.9 Å². The van der Waals surface area contributed by atoms with Crippen LogP contribution in [0.3, 0.4) is 0 Å². The second kappa shape index (κ2) is 4.21. The Hall–Kier alpha value is -1.43. The summed E-state index contributed by atoms with van der Waals surface area (Å²) in [6, 6.07) is 0.136. The molecule has 2 unspecified atom stereocenters. The maximum atomic E-state index is 12.1. The van der Waals surface area contributed by atoms with E-state index in [1.807, 2.05) is 6.92 Å². The van der Waals surface area contributed by atoms with Crippen LogP contribution in [-0.2, 0) is 7.05 Å². The molecular formula is C10H17N5O. The first kappa shape index (κ1) is 11.1. The third-order valence-electron chi connectivity index (χ3n) is 3.16. The van der Waals surface area contributed by atoms with Gasteiger partial charge >= 0.3 is 0 Å². The number of amides is 1. The Kier molecular flexibility index (Phi) is 2.91. The van der Waals surface area contributed by atoms with Gasteiger partial charge in [0, 0.05) is 26.2 Å². The van der Waals surface area contributed by atoms with Crippen LogP contribution in [0.25, 0.3) is 0 Å². The van der Waals surface area contributed by atoms with E-state index < -0.39 is 0 Å². The maximum Gasteiger partial charge on any atom is 0.291 e. The zero-order valence-electron chi connectivity index (χ0n) is 9.63. The summed E-state index contributed by atoms with van der Waals surface area (Å²) in [5.74, 6) is 0.741. The SMILES string of the molecule is CC(N)C1CCN(C(=O)c2ncnn2C)C1. The molecule has 6 heteroatoms. The number of likely N-dealkylation sites (tertiary alicyclic amines) is 1. The number of rotatable bonds is 2. The summed E-state index contributed by atoms with van der Waals surface area (Å²) in [6.45, 7) is 3.47. The Morgan fingerprint density at radius 1 is 1.69 bits per heavy atom. The molecule has 1 amide bonds. The quantitative estimate of drug-likeness (QED) is 0.741. The molecule has 0 bridgehead atoms. The summed E-state index contributed by atoms with van der Waals surface area (Å²) in [5.41, 5.74) is 5.84. The molecule has 2 atom stereocenters. The molecule has 1 aromatic heterocycles. The van der Waals surface area contributed by atoms with Gasteiger partial charge in [0.1, 0.15) is 6.33 Å². The summed E-state index contributed by atoms with van der Waals surface area (Å²) in [5, 5.41) is 3.90. The Labute approximate surface area is 94.4 Å². The molecule has 1 aliphatic rings. The van der Waals surface area contributed by atoms with Crippen LogP contribution in [0.2, 0.25) is 0 Å². The molecule has 0 spiro atoms. The minimum Gasteiger partial charge on any atom is -0.336 e. The minimum atomic E-state index is -0.0526. The second-order valence-electron chi connectivity index (χ2n) is 4.37. The van der Waals surface area contributed by atoms with Gasteiger partial charge in [-0.25, -0.2) is 9.67 Å². The van der Waals surface area contributed by atoms with Crippen molar-refractivity contribution in [3.05, 3.63) is 12.2 Å². The predicted molar refractivity (Wildman–Crippen MR) is 58.7 cm³/mol. The largest absolute Gasteiger partial charge is 0.336 e. The lowest BCUT2D eigenvalue weighted by atomic mass is 10.0. The molecule has 0 aliphatic carbocycles. The highest BCUT2D eigenvalue weighted by Gasteiger charge is 2.30. The van der Waals surface area contributed by atoms with Crippen molar-refractivity contribution in [2.45, 2.75) is 19.4 Å². The Balaban J connectivity index is 2.05. The topological polar surface area (TPSA) is 77.0 Å². The third kappa shape index (κ3) is 1.92. The first-order valence-electron chi connectivity index (χ1n) is 5.48. The highest BCUT2D eigenvalue weighted by Crippen LogP contribution is 2.19. The van der Waals surface area contributed by atoms with Crippen molar-refractivity contribution in [3.63, 3.8) is 0 Å². The van der Waals surface area contributed by atoms with Gasteiger partial charge in [-0.1, -0.05) is 0 Å². The monoisotopic (exact) mass is 223 g/mol. The van der Waals surface area contributed by atoms with Crippen molar-refractivity contribution < 1.29 is 4.79 Å². The minimum absolute atomic E-state index is 0.0526. The molecule has 0 aromatic carbocycles. The van der Waals surface area contributed by atoms with Gasteiger partial charge < -0.3 is 10.6 Å². The number of carbonyl (C=O) groups is 1. The molecule has 2 rings (SSSR count). The molecule has 88 valence electrons. The number of carbonyl (C=O) groups excluding carboxylic acids is 1. The summed E-state index contributed by atoms with van der Waals surface area (Å²) < 4.78 is 1.50. The summed E-state index contributed by atoms with van der Waals surface area (Å²) in [6.07, 6.45) is 2.37. The van der Waals surface area contributed by atoms with Crippen LogP contribution in [-0.4, -0.2) is 44.7 Å². The van der Waals surface area contributed by atoms with Crippen molar-refractivity contribution in [2.75, 3.05) is 13.1 Å².